The summed E-state index contributed by atoms with van der Waals surface area (Å²) >= 11 is 0. The Kier molecular flexibility index (Phi) is 7.80. The molecule has 0 aliphatic rings. The number of esters is 1. The highest BCUT2D eigenvalue weighted by molar-refractivity contribution is 5.86. The van der Waals surface area contributed by atoms with E-state index in [0.29, 0.717) is 5.56 Å². The molecule has 0 aliphatic carbocycles. The van der Waals surface area contributed by atoms with E-state index in [1.165, 1.54) is 31.4 Å². The zero-order chi connectivity index (χ0) is 14.0. The Labute approximate surface area is 105 Å². The predicted molar refractivity (Wildman–Crippen MR) is 66.9 cm³/mol. The Morgan fingerprint density at radius 2 is 1.94 bits per heavy atom. The van der Waals surface area contributed by atoms with Gasteiger partial charge in [-0.05, 0) is 30.7 Å². The summed E-state index contributed by atoms with van der Waals surface area (Å²) < 4.78 is 4.40. The molecule has 0 saturated heterocycles. The minimum atomic E-state index is -0.478. The van der Waals surface area contributed by atoms with Crippen LogP contribution in [0.3, 0.4) is 0 Å². The van der Waals surface area contributed by atoms with E-state index in [1.54, 1.807) is 19.1 Å². The average Bonchev–Trinajstić information content (AvgIpc) is 2.37. The lowest BCUT2D eigenvalue weighted by atomic mass is 10.2. The minimum absolute atomic E-state index is 0.0187. The van der Waals surface area contributed by atoms with Crippen molar-refractivity contribution in [1.29, 1.82) is 0 Å². The fraction of sp³-hybridized carbons (Fsp3) is 0.250. The Hall–Kier alpha value is -2.21. The Morgan fingerprint density at radius 3 is 2.33 bits per heavy atom. The van der Waals surface area contributed by atoms with Crippen LogP contribution in [0.5, 0.6) is 0 Å². The lowest BCUT2D eigenvalue weighted by Crippen LogP contribution is -1.93. The second-order valence-corrected chi connectivity index (χ2v) is 3.02. The van der Waals surface area contributed by atoms with Crippen LogP contribution in [0.1, 0.15) is 12.5 Å². The van der Waals surface area contributed by atoms with E-state index in [9.17, 15) is 14.9 Å². The van der Waals surface area contributed by atoms with Crippen LogP contribution >= 0.6 is 0 Å². The summed E-state index contributed by atoms with van der Waals surface area (Å²) in [5, 5.41) is 17.9. The highest BCUT2D eigenvalue weighted by Gasteiger charge is 2.02. The molecule has 1 N–H and O–H groups in total. The van der Waals surface area contributed by atoms with E-state index in [1.807, 2.05) is 0 Å². The number of ether oxygens (including phenoxy) is 1. The van der Waals surface area contributed by atoms with Crippen molar-refractivity contribution < 1.29 is 19.6 Å². The number of carbonyl (C=O) groups is 1. The van der Waals surface area contributed by atoms with Crippen LogP contribution in [0.15, 0.2) is 30.3 Å². The number of aliphatic hydroxyl groups is 1. The summed E-state index contributed by atoms with van der Waals surface area (Å²) in [6, 6.07) is 5.85. The maximum Gasteiger partial charge on any atom is 0.330 e. The van der Waals surface area contributed by atoms with Gasteiger partial charge in [-0.15, -0.1) is 0 Å². The summed E-state index contributed by atoms with van der Waals surface area (Å²) in [5.74, 6) is -0.464. The van der Waals surface area contributed by atoms with Crippen LogP contribution in [0.4, 0.5) is 5.69 Å². The van der Waals surface area contributed by atoms with Gasteiger partial charge in [0.15, 0.2) is 0 Å². The van der Waals surface area contributed by atoms with Gasteiger partial charge in [-0.3, -0.25) is 10.1 Å². The van der Waals surface area contributed by atoms with Crippen molar-refractivity contribution in [3.8, 4) is 0 Å². The molecule has 0 unspecified atom stereocenters. The molecule has 1 rings (SSSR count). The molecule has 0 amide bonds. The third-order valence-electron chi connectivity index (χ3n) is 1.72. The average molecular weight is 253 g/mol. The summed E-state index contributed by atoms with van der Waals surface area (Å²) in [4.78, 5) is 20.6. The van der Waals surface area contributed by atoms with E-state index in [-0.39, 0.29) is 12.3 Å². The number of hydrogen-bond donors (Lipinski definition) is 1. The molecule has 98 valence electrons. The van der Waals surface area contributed by atoms with E-state index < -0.39 is 10.9 Å². The van der Waals surface area contributed by atoms with Crippen molar-refractivity contribution in [2.45, 2.75) is 6.92 Å². The van der Waals surface area contributed by atoms with Gasteiger partial charge in [0, 0.05) is 24.8 Å². The van der Waals surface area contributed by atoms with Gasteiger partial charge in [-0.2, -0.15) is 0 Å². The zero-order valence-electron chi connectivity index (χ0n) is 10.2. The predicted octanol–water partition coefficient (Wildman–Crippen LogP) is 1.78. The number of nitro benzene ring substituents is 1. The standard InChI is InChI=1S/C10H9NO4.C2H6O/c1-15-10(12)7-4-8-2-5-9(6-3-8)11(13)14;1-2-3/h2-7H,1H3;3H,2H2,1H3. The lowest BCUT2D eigenvalue weighted by Gasteiger charge is -1.93. The zero-order valence-corrected chi connectivity index (χ0v) is 10.2. The molecule has 1 aromatic carbocycles. The summed E-state index contributed by atoms with van der Waals surface area (Å²) in [6.07, 6.45) is 2.77. The fourth-order valence-corrected chi connectivity index (χ4v) is 0.939. The van der Waals surface area contributed by atoms with Crippen LogP contribution in [-0.4, -0.2) is 29.7 Å². The monoisotopic (exact) mass is 253 g/mol. The van der Waals surface area contributed by atoms with Gasteiger partial charge in [0.2, 0.25) is 0 Å². The fourth-order valence-electron chi connectivity index (χ4n) is 0.939. The largest absolute Gasteiger partial charge is 0.466 e. The molecule has 18 heavy (non-hydrogen) atoms. The molecule has 0 bridgehead atoms. The molecule has 0 aromatic heterocycles. The second-order valence-electron chi connectivity index (χ2n) is 3.02. The lowest BCUT2D eigenvalue weighted by molar-refractivity contribution is -0.384. The summed E-state index contributed by atoms with van der Waals surface area (Å²) in [6.45, 7) is 1.93. The molecule has 6 nitrogen and oxygen atoms in total. The van der Waals surface area contributed by atoms with Crippen molar-refractivity contribution in [3.05, 3.63) is 46.0 Å². The van der Waals surface area contributed by atoms with E-state index in [0.717, 1.165) is 0 Å². The van der Waals surface area contributed by atoms with Gasteiger partial charge in [-0.1, -0.05) is 0 Å². The summed E-state index contributed by atoms with van der Waals surface area (Å²) in [7, 11) is 1.28. The van der Waals surface area contributed by atoms with Gasteiger partial charge in [0.1, 0.15) is 0 Å². The molecule has 0 heterocycles. The molecule has 0 aliphatic heterocycles. The molecular weight excluding hydrogens is 238 g/mol. The molecule has 0 atom stereocenters. The first kappa shape index (κ1) is 15.8. The van der Waals surface area contributed by atoms with Crippen molar-refractivity contribution in [1.82, 2.24) is 0 Å². The number of nitrogens with zero attached hydrogens (tertiary/aromatic N) is 1. The Morgan fingerprint density at radius 1 is 1.44 bits per heavy atom. The van der Waals surface area contributed by atoms with Gasteiger partial charge in [0.25, 0.3) is 5.69 Å². The van der Waals surface area contributed by atoms with Gasteiger partial charge < -0.3 is 9.84 Å². The maximum absolute atomic E-state index is 10.7. The topological polar surface area (TPSA) is 89.7 Å². The highest BCUT2D eigenvalue weighted by atomic mass is 16.6. The third-order valence-corrected chi connectivity index (χ3v) is 1.72. The van der Waals surface area contributed by atoms with E-state index in [4.69, 9.17) is 5.11 Å². The van der Waals surface area contributed by atoms with Crippen molar-refractivity contribution >= 4 is 17.7 Å². The molecule has 0 radical (unpaired) electrons. The smallest absolute Gasteiger partial charge is 0.330 e. The second kappa shape index (κ2) is 8.89. The van der Waals surface area contributed by atoms with Crippen LogP contribution in [0, 0.1) is 10.1 Å². The maximum atomic E-state index is 10.7. The Balaban J connectivity index is 0.000000873. The van der Waals surface area contributed by atoms with Crippen LogP contribution in [0.25, 0.3) is 6.08 Å². The normalized spacial score (nSPS) is 9.50. The molecule has 0 saturated carbocycles. The van der Waals surface area contributed by atoms with Crippen molar-refractivity contribution in [2.24, 2.45) is 0 Å². The Bertz CT molecular complexity index is 411. The van der Waals surface area contributed by atoms with Gasteiger partial charge >= 0.3 is 5.97 Å². The SMILES string of the molecule is CCO.COC(=O)C=Cc1ccc([N+](=O)[O-])cc1. The highest BCUT2D eigenvalue weighted by Crippen LogP contribution is 2.12. The number of methoxy groups -OCH3 is 1. The van der Waals surface area contributed by atoms with Crippen molar-refractivity contribution in [3.63, 3.8) is 0 Å². The molecule has 6 heteroatoms. The number of hydrogen-bond acceptors (Lipinski definition) is 5. The van der Waals surface area contributed by atoms with Crippen molar-refractivity contribution in [2.75, 3.05) is 13.7 Å². The third kappa shape index (κ3) is 6.39. The molecule has 0 fully saturated rings. The number of aliphatic hydroxyl groups excluding tert-OH is 1. The van der Waals surface area contributed by atoms with Gasteiger partial charge in [-0.25, -0.2) is 4.79 Å². The first-order valence-electron chi connectivity index (χ1n) is 5.16. The molecular formula is C12H15NO5. The van der Waals surface area contributed by atoms with E-state index in [2.05, 4.69) is 4.74 Å². The van der Waals surface area contributed by atoms with E-state index >= 15 is 0 Å². The number of nitro groups is 1. The summed E-state index contributed by atoms with van der Waals surface area (Å²) in [5.41, 5.74) is 0.719. The van der Waals surface area contributed by atoms with Crippen LogP contribution < -0.4 is 0 Å². The first-order valence-corrected chi connectivity index (χ1v) is 5.16. The molecule has 1 aromatic rings. The molecule has 0 spiro atoms. The minimum Gasteiger partial charge on any atom is -0.466 e. The number of rotatable bonds is 3. The first-order chi connectivity index (χ1) is 8.54. The van der Waals surface area contributed by atoms with Crippen LogP contribution in [0.2, 0.25) is 0 Å². The van der Waals surface area contributed by atoms with Crippen LogP contribution in [-0.2, 0) is 9.53 Å². The number of benzene rings is 1. The quantitative estimate of drug-likeness (QED) is 0.384. The van der Waals surface area contributed by atoms with Gasteiger partial charge in [0.05, 0.1) is 12.0 Å². The number of carbonyl (C=O) groups excluding carboxylic acids is 1. The number of non-ortho nitro benzene ring substituents is 1.